The Morgan fingerprint density at radius 3 is 2.28 bits per heavy atom. The lowest BCUT2D eigenvalue weighted by Crippen LogP contribution is -2.60. The number of amides is 1. The molecule has 0 atom stereocenters. The standard InChI is InChI=1S/C21H23F3N2O3/c1-20(2,3)26-12-18(13-26)28-17-10-14(21(22,23)24)9-15(11-17)25-19(27)29-16-7-5-4-6-8-16/h4-11,18H,12-13H2,1-3H3,(H,25,27). The molecule has 3 rings (SSSR count). The molecule has 1 heterocycles. The van der Waals surface area contributed by atoms with Crippen molar-refractivity contribution in [1.29, 1.82) is 0 Å². The lowest BCUT2D eigenvalue weighted by Gasteiger charge is -2.47. The van der Waals surface area contributed by atoms with Gasteiger partial charge in [0, 0.05) is 30.4 Å². The first-order valence-electron chi connectivity index (χ1n) is 9.18. The Bertz CT molecular complexity index is 858. The van der Waals surface area contributed by atoms with Gasteiger partial charge in [-0.15, -0.1) is 0 Å². The zero-order valence-electron chi connectivity index (χ0n) is 16.4. The first-order valence-corrected chi connectivity index (χ1v) is 9.18. The lowest BCUT2D eigenvalue weighted by molar-refractivity contribution is -0.137. The Kier molecular flexibility index (Phi) is 5.75. The van der Waals surface area contributed by atoms with E-state index >= 15 is 0 Å². The Morgan fingerprint density at radius 2 is 1.69 bits per heavy atom. The van der Waals surface area contributed by atoms with Crippen LogP contribution in [0.25, 0.3) is 0 Å². The summed E-state index contributed by atoms with van der Waals surface area (Å²) in [6.07, 6.45) is -5.67. The number of hydrogen-bond donors (Lipinski definition) is 1. The number of carbonyl (C=O) groups is 1. The van der Waals surface area contributed by atoms with Gasteiger partial charge in [-0.2, -0.15) is 13.2 Å². The van der Waals surface area contributed by atoms with Crippen molar-refractivity contribution in [3.05, 3.63) is 54.1 Å². The van der Waals surface area contributed by atoms with Gasteiger partial charge in [-0.1, -0.05) is 18.2 Å². The maximum Gasteiger partial charge on any atom is 0.417 e. The van der Waals surface area contributed by atoms with Crippen molar-refractivity contribution in [2.45, 2.75) is 38.6 Å². The summed E-state index contributed by atoms with van der Waals surface area (Å²) in [5.41, 5.74) is -0.985. The number of benzene rings is 2. The topological polar surface area (TPSA) is 50.8 Å². The molecule has 0 aromatic heterocycles. The number of nitrogens with one attached hydrogen (secondary N) is 1. The summed E-state index contributed by atoms with van der Waals surface area (Å²) < 4.78 is 50.6. The van der Waals surface area contributed by atoms with E-state index in [-0.39, 0.29) is 28.8 Å². The lowest BCUT2D eigenvalue weighted by atomic mass is 9.99. The van der Waals surface area contributed by atoms with E-state index < -0.39 is 17.8 Å². The molecule has 0 spiro atoms. The second-order valence-electron chi connectivity index (χ2n) is 7.89. The summed E-state index contributed by atoms with van der Waals surface area (Å²) in [6.45, 7) is 7.44. The summed E-state index contributed by atoms with van der Waals surface area (Å²) in [4.78, 5) is 14.2. The van der Waals surface area contributed by atoms with Gasteiger partial charge in [0.1, 0.15) is 17.6 Å². The van der Waals surface area contributed by atoms with Gasteiger partial charge < -0.3 is 9.47 Å². The number of carbonyl (C=O) groups excluding carboxylic acids is 1. The fourth-order valence-electron chi connectivity index (χ4n) is 2.89. The maximum atomic E-state index is 13.3. The van der Waals surface area contributed by atoms with E-state index in [4.69, 9.17) is 9.47 Å². The fraction of sp³-hybridized carbons (Fsp3) is 0.381. The molecule has 1 N–H and O–H groups in total. The molecule has 0 bridgehead atoms. The largest absolute Gasteiger partial charge is 0.488 e. The van der Waals surface area contributed by atoms with Gasteiger partial charge in [0.2, 0.25) is 0 Å². The Hall–Kier alpha value is -2.74. The average molecular weight is 408 g/mol. The predicted octanol–water partition coefficient (Wildman–Crippen LogP) is 5.18. The second-order valence-corrected chi connectivity index (χ2v) is 7.89. The van der Waals surface area contributed by atoms with Crippen molar-refractivity contribution in [2.75, 3.05) is 18.4 Å². The second kappa shape index (κ2) is 7.94. The van der Waals surface area contributed by atoms with E-state index in [1.54, 1.807) is 30.3 Å². The molecule has 29 heavy (non-hydrogen) atoms. The molecule has 1 fully saturated rings. The first kappa shape index (κ1) is 21.0. The van der Waals surface area contributed by atoms with Crippen molar-refractivity contribution < 1.29 is 27.4 Å². The average Bonchev–Trinajstić information content (AvgIpc) is 2.56. The number of likely N-dealkylation sites (tertiary alicyclic amines) is 1. The molecule has 2 aromatic carbocycles. The number of rotatable bonds is 4. The molecule has 1 saturated heterocycles. The highest BCUT2D eigenvalue weighted by Crippen LogP contribution is 2.35. The molecule has 0 unspecified atom stereocenters. The van der Waals surface area contributed by atoms with Crippen molar-refractivity contribution in [1.82, 2.24) is 4.90 Å². The van der Waals surface area contributed by atoms with Gasteiger partial charge in [0.05, 0.1) is 5.56 Å². The van der Waals surface area contributed by atoms with Crippen molar-refractivity contribution in [2.24, 2.45) is 0 Å². The van der Waals surface area contributed by atoms with Crippen LogP contribution in [-0.2, 0) is 6.18 Å². The van der Waals surface area contributed by atoms with E-state index in [9.17, 15) is 18.0 Å². The number of alkyl halides is 3. The third-order valence-electron chi connectivity index (χ3n) is 4.53. The molecule has 0 radical (unpaired) electrons. The van der Waals surface area contributed by atoms with Crippen LogP contribution in [0.15, 0.2) is 48.5 Å². The monoisotopic (exact) mass is 408 g/mol. The van der Waals surface area contributed by atoms with Crippen molar-refractivity contribution in [3.63, 3.8) is 0 Å². The van der Waals surface area contributed by atoms with Gasteiger partial charge in [-0.05, 0) is 45.0 Å². The number of para-hydroxylation sites is 1. The van der Waals surface area contributed by atoms with Crippen LogP contribution in [0.2, 0.25) is 0 Å². The van der Waals surface area contributed by atoms with Crippen LogP contribution in [0.4, 0.5) is 23.7 Å². The first-order chi connectivity index (χ1) is 13.5. The third kappa shape index (κ3) is 5.63. The van der Waals surface area contributed by atoms with Crippen LogP contribution in [0.1, 0.15) is 26.3 Å². The number of nitrogens with zero attached hydrogens (tertiary/aromatic N) is 1. The molecule has 1 amide bonds. The van der Waals surface area contributed by atoms with Crippen LogP contribution < -0.4 is 14.8 Å². The van der Waals surface area contributed by atoms with Gasteiger partial charge >= 0.3 is 12.3 Å². The highest BCUT2D eigenvalue weighted by molar-refractivity contribution is 5.86. The molecular formula is C21H23F3N2O3. The smallest absolute Gasteiger partial charge is 0.417 e. The molecule has 8 heteroatoms. The third-order valence-corrected chi connectivity index (χ3v) is 4.53. The normalized spacial score (nSPS) is 15.5. The van der Waals surface area contributed by atoms with Crippen LogP contribution in [0.5, 0.6) is 11.5 Å². The van der Waals surface area contributed by atoms with E-state index in [0.717, 1.165) is 12.1 Å². The Balaban J connectivity index is 1.71. The van der Waals surface area contributed by atoms with Crippen LogP contribution in [0, 0.1) is 0 Å². The van der Waals surface area contributed by atoms with Crippen LogP contribution in [0.3, 0.4) is 0 Å². The number of anilines is 1. The van der Waals surface area contributed by atoms with Gasteiger partial charge in [-0.25, -0.2) is 4.79 Å². The van der Waals surface area contributed by atoms with Crippen LogP contribution in [-0.4, -0.2) is 35.7 Å². The molecule has 1 aliphatic heterocycles. The quantitative estimate of drug-likeness (QED) is 0.758. The van der Waals surface area contributed by atoms with Crippen molar-refractivity contribution in [3.8, 4) is 11.5 Å². The molecular weight excluding hydrogens is 385 g/mol. The van der Waals surface area contributed by atoms with E-state index in [1.165, 1.54) is 6.07 Å². The molecule has 2 aromatic rings. The number of ether oxygens (including phenoxy) is 2. The minimum atomic E-state index is -4.57. The zero-order valence-corrected chi connectivity index (χ0v) is 16.4. The van der Waals surface area contributed by atoms with E-state index in [1.807, 2.05) is 0 Å². The molecule has 5 nitrogen and oxygen atoms in total. The van der Waals surface area contributed by atoms with Gasteiger partial charge in [-0.3, -0.25) is 10.2 Å². The Morgan fingerprint density at radius 1 is 1.03 bits per heavy atom. The van der Waals surface area contributed by atoms with E-state index in [2.05, 4.69) is 31.0 Å². The summed E-state index contributed by atoms with van der Waals surface area (Å²) in [6, 6.07) is 11.4. The van der Waals surface area contributed by atoms with E-state index in [0.29, 0.717) is 13.1 Å². The summed E-state index contributed by atoms with van der Waals surface area (Å²) in [7, 11) is 0. The van der Waals surface area contributed by atoms with Crippen LogP contribution >= 0.6 is 0 Å². The summed E-state index contributed by atoms with van der Waals surface area (Å²) >= 11 is 0. The minimum absolute atomic E-state index is 0.0262. The molecule has 0 saturated carbocycles. The van der Waals surface area contributed by atoms with Gasteiger partial charge in [0.15, 0.2) is 0 Å². The predicted molar refractivity (Wildman–Crippen MR) is 103 cm³/mol. The summed E-state index contributed by atoms with van der Waals surface area (Å²) in [5.74, 6) is 0.332. The molecule has 1 aliphatic rings. The molecule has 156 valence electrons. The number of halogens is 3. The number of hydrogen-bond acceptors (Lipinski definition) is 4. The Labute approximate surface area is 167 Å². The molecule has 0 aliphatic carbocycles. The SMILES string of the molecule is CC(C)(C)N1CC(Oc2cc(NC(=O)Oc3ccccc3)cc(C(F)(F)F)c2)C1. The van der Waals surface area contributed by atoms with Gasteiger partial charge in [0.25, 0.3) is 0 Å². The highest BCUT2D eigenvalue weighted by atomic mass is 19.4. The maximum absolute atomic E-state index is 13.3. The van der Waals surface area contributed by atoms with Crippen molar-refractivity contribution >= 4 is 11.8 Å². The minimum Gasteiger partial charge on any atom is -0.488 e. The fourth-order valence-corrected chi connectivity index (χ4v) is 2.89. The summed E-state index contributed by atoms with van der Waals surface area (Å²) in [5, 5.41) is 2.33. The zero-order chi connectivity index (χ0) is 21.2. The highest BCUT2D eigenvalue weighted by Gasteiger charge is 2.36.